The van der Waals surface area contributed by atoms with Gasteiger partial charge in [-0.2, -0.15) is 4.31 Å². The molecule has 2 bridgehead atoms. The molecule has 0 amide bonds. The number of halogens is 3. The zero-order chi connectivity index (χ0) is 19.3. The summed E-state index contributed by atoms with van der Waals surface area (Å²) in [6, 6.07) is 7.73. The zero-order valence-corrected chi connectivity index (χ0v) is 15.7. The van der Waals surface area contributed by atoms with Gasteiger partial charge in [0.25, 0.3) is 0 Å². The molecule has 2 aromatic carbocycles. The summed E-state index contributed by atoms with van der Waals surface area (Å²) in [5, 5.41) is 0.404. The highest BCUT2D eigenvalue weighted by Crippen LogP contribution is 2.48. The lowest BCUT2D eigenvalue weighted by Crippen LogP contribution is -2.56. The van der Waals surface area contributed by atoms with E-state index in [4.69, 9.17) is 11.6 Å². The van der Waals surface area contributed by atoms with Crippen LogP contribution in [0.15, 0.2) is 47.4 Å². The van der Waals surface area contributed by atoms with Gasteiger partial charge >= 0.3 is 0 Å². The van der Waals surface area contributed by atoms with E-state index in [0.717, 1.165) is 12.1 Å². The molecule has 3 aliphatic rings. The molecule has 2 aromatic rings. The Morgan fingerprint density at radius 1 is 1.00 bits per heavy atom. The summed E-state index contributed by atoms with van der Waals surface area (Å²) >= 11 is 5.86. The first-order valence-electron chi connectivity index (χ1n) is 8.56. The minimum absolute atomic E-state index is 0.0384. The Morgan fingerprint density at radius 2 is 1.70 bits per heavy atom. The van der Waals surface area contributed by atoms with E-state index in [-0.39, 0.29) is 22.7 Å². The highest BCUT2D eigenvalue weighted by atomic mass is 35.5. The van der Waals surface area contributed by atoms with E-state index < -0.39 is 39.7 Å². The second-order valence-corrected chi connectivity index (χ2v) is 9.19. The molecule has 4 nitrogen and oxygen atoms in total. The van der Waals surface area contributed by atoms with E-state index in [9.17, 15) is 22.0 Å². The Labute approximate surface area is 160 Å². The molecule has 8 heteroatoms. The molecule has 0 radical (unpaired) electrons. The number of ketones is 1. The average molecular weight is 412 g/mol. The number of carbonyl (C=O) groups excluding carboxylic acids is 1. The van der Waals surface area contributed by atoms with Crippen LogP contribution in [0.4, 0.5) is 8.78 Å². The molecule has 0 unspecified atom stereocenters. The van der Waals surface area contributed by atoms with Crippen LogP contribution in [-0.4, -0.2) is 24.5 Å². The van der Waals surface area contributed by atoms with Crippen LogP contribution in [0.2, 0.25) is 5.02 Å². The molecule has 2 saturated heterocycles. The van der Waals surface area contributed by atoms with Crippen LogP contribution in [0.25, 0.3) is 0 Å². The van der Waals surface area contributed by atoms with Crippen molar-refractivity contribution in [3.05, 3.63) is 64.7 Å². The third-order valence-corrected chi connectivity index (χ3v) is 7.55. The third kappa shape index (κ3) is 3.07. The second-order valence-electron chi connectivity index (χ2n) is 6.92. The number of nitrogens with zero attached hydrogens (tertiary/aromatic N) is 1. The van der Waals surface area contributed by atoms with Gasteiger partial charge in [-0.05, 0) is 54.8 Å². The summed E-state index contributed by atoms with van der Waals surface area (Å²) in [6.07, 6.45) is 1.22. The number of hydrogen-bond donors (Lipinski definition) is 0. The Hall–Kier alpha value is -1.83. The van der Waals surface area contributed by atoms with Crippen LogP contribution in [-0.2, 0) is 14.8 Å². The van der Waals surface area contributed by atoms with Crippen LogP contribution in [0, 0.1) is 17.6 Å². The first-order valence-corrected chi connectivity index (χ1v) is 10.4. The molecule has 1 aliphatic carbocycles. The smallest absolute Gasteiger partial charge is 0.243 e. The summed E-state index contributed by atoms with van der Waals surface area (Å²) in [4.78, 5) is 12.5. The van der Waals surface area contributed by atoms with Gasteiger partial charge in [-0.25, -0.2) is 17.2 Å². The standard InChI is InChI=1S/C19H16ClF2NO3S/c20-12-2-5-14(6-3-12)27(25,26)23-13-4-7-15(18(24)10-13)19(23)11-1-8-16(21)17(22)9-11/h1-3,5-6,8-9,13,15,19H,4,7,10H2/t13-,15+,19+/m0/s1. The van der Waals surface area contributed by atoms with Crippen molar-refractivity contribution in [3.63, 3.8) is 0 Å². The van der Waals surface area contributed by atoms with Crippen LogP contribution in [0.1, 0.15) is 30.9 Å². The molecular formula is C19H16ClF2NO3S. The van der Waals surface area contributed by atoms with E-state index in [0.29, 0.717) is 17.9 Å². The molecule has 1 saturated carbocycles. The summed E-state index contributed by atoms with van der Waals surface area (Å²) in [5.74, 6) is -2.69. The number of hydrogen-bond acceptors (Lipinski definition) is 3. The first kappa shape index (κ1) is 18.5. The molecule has 5 rings (SSSR count). The largest absolute Gasteiger partial charge is 0.299 e. The average Bonchev–Trinajstić information content (AvgIpc) is 2.64. The molecule has 3 atom stereocenters. The van der Waals surface area contributed by atoms with E-state index in [1.54, 1.807) is 0 Å². The van der Waals surface area contributed by atoms with Gasteiger partial charge < -0.3 is 0 Å². The van der Waals surface area contributed by atoms with Gasteiger partial charge in [-0.3, -0.25) is 4.79 Å². The number of benzene rings is 2. The SMILES string of the molecule is O=C1C[C@@H]2CC[C@H]1[C@@H](c1ccc(F)c(F)c1)N2S(=O)(=O)c1ccc(Cl)cc1. The molecule has 2 heterocycles. The maximum atomic E-state index is 13.8. The molecule has 142 valence electrons. The van der Waals surface area contributed by atoms with Crippen LogP contribution in [0.5, 0.6) is 0 Å². The quantitative estimate of drug-likeness (QED) is 0.764. The van der Waals surface area contributed by atoms with Gasteiger partial charge in [0, 0.05) is 23.4 Å². The second kappa shape index (κ2) is 6.65. The fourth-order valence-corrected chi connectivity index (χ4v) is 6.11. The van der Waals surface area contributed by atoms with Gasteiger partial charge in [-0.1, -0.05) is 17.7 Å². The monoisotopic (exact) mass is 411 g/mol. The summed E-state index contributed by atoms with van der Waals surface area (Å²) < 4.78 is 55.2. The molecule has 0 aromatic heterocycles. The Kier molecular flexibility index (Phi) is 4.56. The normalized spacial score (nSPS) is 25.7. The maximum Gasteiger partial charge on any atom is 0.243 e. The number of Topliss-reactive ketones (excluding diaryl/α,β-unsaturated/α-hetero) is 1. The van der Waals surface area contributed by atoms with Crippen LogP contribution in [0.3, 0.4) is 0 Å². The molecule has 0 N–H and O–H groups in total. The van der Waals surface area contributed by atoms with Crippen molar-refractivity contribution >= 4 is 27.4 Å². The van der Waals surface area contributed by atoms with Gasteiger partial charge in [-0.15, -0.1) is 0 Å². The van der Waals surface area contributed by atoms with Crippen molar-refractivity contribution in [2.45, 2.75) is 36.2 Å². The molecule has 3 fully saturated rings. The number of sulfonamides is 1. The predicted octanol–water partition coefficient (Wildman–Crippen LogP) is 4.10. The Bertz CT molecular complexity index is 1010. The lowest BCUT2D eigenvalue weighted by molar-refractivity contribution is -0.133. The summed E-state index contributed by atoms with van der Waals surface area (Å²) in [6.45, 7) is 0. The fraction of sp³-hybridized carbons (Fsp3) is 0.316. The summed E-state index contributed by atoms with van der Waals surface area (Å²) in [7, 11) is -3.95. The van der Waals surface area contributed by atoms with Crippen molar-refractivity contribution in [1.29, 1.82) is 0 Å². The zero-order valence-electron chi connectivity index (χ0n) is 14.1. The number of carbonyl (C=O) groups is 1. The molecular weight excluding hydrogens is 396 g/mol. The highest BCUT2D eigenvalue weighted by molar-refractivity contribution is 7.89. The van der Waals surface area contributed by atoms with Crippen molar-refractivity contribution in [1.82, 2.24) is 4.31 Å². The maximum absolute atomic E-state index is 13.8. The van der Waals surface area contributed by atoms with Crippen molar-refractivity contribution in [3.8, 4) is 0 Å². The number of piperidine rings is 2. The van der Waals surface area contributed by atoms with E-state index in [1.165, 1.54) is 34.6 Å². The fourth-order valence-electron chi connectivity index (χ4n) is 4.12. The minimum Gasteiger partial charge on any atom is -0.299 e. The third-order valence-electron chi connectivity index (χ3n) is 5.35. The summed E-state index contributed by atoms with van der Waals surface area (Å²) in [5.41, 5.74) is 0.286. The number of rotatable bonds is 3. The van der Waals surface area contributed by atoms with Crippen molar-refractivity contribution < 1.29 is 22.0 Å². The van der Waals surface area contributed by atoms with Crippen molar-refractivity contribution in [2.24, 2.45) is 5.92 Å². The van der Waals surface area contributed by atoms with Gasteiger partial charge in [0.15, 0.2) is 11.6 Å². The van der Waals surface area contributed by atoms with Crippen LogP contribution < -0.4 is 0 Å². The Balaban J connectivity index is 1.84. The van der Waals surface area contributed by atoms with Gasteiger partial charge in [0.05, 0.1) is 10.9 Å². The predicted molar refractivity (Wildman–Crippen MR) is 95.7 cm³/mol. The van der Waals surface area contributed by atoms with Gasteiger partial charge in [0.2, 0.25) is 10.0 Å². The number of fused-ring (bicyclic) bond motifs is 3. The van der Waals surface area contributed by atoms with Crippen molar-refractivity contribution in [2.75, 3.05) is 0 Å². The Morgan fingerprint density at radius 3 is 2.33 bits per heavy atom. The van der Waals surface area contributed by atoms with Crippen LogP contribution >= 0.6 is 11.6 Å². The van der Waals surface area contributed by atoms with E-state index >= 15 is 0 Å². The lowest BCUT2D eigenvalue weighted by Gasteiger charge is -2.49. The van der Waals surface area contributed by atoms with E-state index in [2.05, 4.69) is 0 Å². The van der Waals surface area contributed by atoms with E-state index in [1.807, 2.05) is 0 Å². The molecule has 0 spiro atoms. The first-order chi connectivity index (χ1) is 12.8. The molecule has 2 aliphatic heterocycles. The topological polar surface area (TPSA) is 54.5 Å². The molecule has 27 heavy (non-hydrogen) atoms. The lowest BCUT2D eigenvalue weighted by atomic mass is 9.73. The van der Waals surface area contributed by atoms with Gasteiger partial charge in [0.1, 0.15) is 5.78 Å². The minimum atomic E-state index is -3.95. The highest BCUT2D eigenvalue weighted by Gasteiger charge is 2.52.